The molecule has 4 rings (SSSR count). The van der Waals surface area contributed by atoms with E-state index in [9.17, 15) is 18.0 Å². The van der Waals surface area contributed by atoms with Crippen LogP contribution in [0.4, 0.5) is 24.7 Å². The van der Waals surface area contributed by atoms with Crippen LogP contribution in [-0.4, -0.2) is 47.0 Å². The summed E-state index contributed by atoms with van der Waals surface area (Å²) in [7, 11) is 0. The third-order valence-corrected chi connectivity index (χ3v) is 5.33. The van der Waals surface area contributed by atoms with Gasteiger partial charge in [-0.25, -0.2) is 9.67 Å². The van der Waals surface area contributed by atoms with E-state index >= 15 is 0 Å². The number of hydrogen-bond donors (Lipinski definition) is 1. The number of halogens is 3. The molecule has 168 valence electrons. The number of amides is 1. The predicted molar refractivity (Wildman–Crippen MR) is 113 cm³/mol. The highest BCUT2D eigenvalue weighted by Gasteiger charge is 2.30. The number of morpholine rings is 1. The Morgan fingerprint density at radius 3 is 2.56 bits per heavy atom. The maximum absolute atomic E-state index is 13.0. The molecule has 32 heavy (non-hydrogen) atoms. The first kappa shape index (κ1) is 21.8. The molecule has 1 N–H and O–H groups in total. The smallest absolute Gasteiger partial charge is 0.378 e. The minimum atomic E-state index is -4.46. The van der Waals surface area contributed by atoms with E-state index < -0.39 is 17.6 Å². The molecule has 1 aromatic carbocycles. The molecule has 3 aromatic rings. The van der Waals surface area contributed by atoms with Gasteiger partial charge in [0, 0.05) is 13.1 Å². The maximum atomic E-state index is 13.0. The highest BCUT2D eigenvalue weighted by Crippen LogP contribution is 2.30. The van der Waals surface area contributed by atoms with Crippen LogP contribution in [0.25, 0.3) is 5.69 Å². The highest BCUT2D eigenvalue weighted by atomic mass is 19.4. The van der Waals surface area contributed by atoms with Crippen LogP contribution in [0.3, 0.4) is 0 Å². The average molecular weight is 445 g/mol. The van der Waals surface area contributed by atoms with Crippen molar-refractivity contribution < 1.29 is 22.7 Å². The van der Waals surface area contributed by atoms with Crippen molar-refractivity contribution in [1.82, 2.24) is 14.8 Å². The van der Waals surface area contributed by atoms with Crippen LogP contribution < -0.4 is 10.2 Å². The lowest BCUT2D eigenvalue weighted by Gasteiger charge is -2.28. The van der Waals surface area contributed by atoms with Gasteiger partial charge in [-0.15, -0.1) is 0 Å². The second-order valence-corrected chi connectivity index (χ2v) is 7.46. The summed E-state index contributed by atoms with van der Waals surface area (Å²) in [6.45, 7) is 6.24. The molecule has 0 unspecified atom stereocenters. The van der Waals surface area contributed by atoms with Crippen LogP contribution in [0, 0.1) is 13.8 Å². The summed E-state index contributed by atoms with van der Waals surface area (Å²) in [5.41, 5.74) is 1.35. The van der Waals surface area contributed by atoms with Gasteiger partial charge >= 0.3 is 6.18 Å². The van der Waals surface area contributed by atoms with Gasteiger partial charge in [0.1, 0.15) is 5.82 Å². The topological polar surface area (TPSA) is 72.3 Å². The number of hydrogen-bond acceptors (Lipinski definition) is 5. The Balaban J connectivity index is 1.53. The molecular weight excluding hydrogens is 423 g/mol. The molecule has 0 bridgehead atoms. The van der Waals surface area contributed by atoms with Gasteiger partial charge in [-0.2, -0.15) is 18.3 Å². The van der Waals surface area contributed by atoms with Crippen molar-refractivity contribution in [1.29, 1.82) is 0 Å². The second kappa shape index (κ2) is 8.62. The van der Waals surface area contributed by atoms with E-state index in [1.807, 2.05) is 6.07 Å². The van der Waals surface area contributed by atoms with E-state index in [2.05, 4.69) is 20.3 Å². The fourth-order valence-electron chi connectivity index (χ4n) is 3.54. The molecule has 0 atom stereocenters. The Morgan fingerprint density at radius 1 is 1.12 bits per heavy atom. The third-order valence-electron chi connectivity index (χ3n) is 5.33. The van der Waals surface area contributed by atoms with Gasteiger partial charge in [0.15, 0.2) is 0 Å². The second-order valence-electron chi connectivity index (χ2n) is 7.46. The van der Waals surface area contributed by atoms with E-state index in [-0.39, 0.29) is 11.3 Å². The predicted octanol–water partition coefficient (Wildman–Crippen LogP) is 3.99. The Bertz CT molecular complexity index is 1140. The van der Waals surface area contributed by atoms with Crippen molar-refractivity contribution in [2.24, 2.45) is 0 Å². The molecule has 10 heteroatoms. The number of aryl methyl sites for hydroxylation is 1. The zero-order chi connectivity index (χ0) is 22.9. The monoisotopic (exact) mass is 445 g/mol. The molecule has 1 fully saturated rings. The molecule has 2 aromatic heterocycles. The first-order chi connectivity index (χ1) is 15.2. The van der Waals surface area contributed by atoms with Crippen molar-refractivity contribution in [3.8, 4) is 5.69 Å². The zero-order valence-corrected chi connectivity index (χ0v) is 17.6. The van der Waals surface area contributed by atoms with E-state index in [1.54, 1.807) is 19.9 Å². The molecule has 1 aliphatic rings. The van der Waals surface area contributed by atoms with Crippen LogP contribution in [0.15, 0.2) is 42.6 Å². The lowest BCUT2D eigenvalue weighted by Crippen LogP contribution is -2.36. The zero-order valence-electron chi connectivity index (χ0n) is 17.6. The Labute approximate surface area is 182 Å². The van der Waals surface area contributed by atoms with Gasteiger partial charge in [0.2, 0.25) is 0 Å². The van der Waals surface area contributed by atoms with Crippen LogP contribution in [0.5, 0.6) is 0 Å². The number of alkyl halides is 3. The van der Waals surface area contributed by atoms with Crippen LogP contribution in [0.1, 0.15) is 27.3 Å². The minimum absolute atomic E-state index is 0.226. The summed E-state index contributed by atoms with van der Waals surface area (Å²) < 4.78 is 45.8. The first-order valence-corrected chi connectivity index (χ1v) is 10.1. The molecule has 0 aliphatic carbocycles. The van der Waals surface area contributed by atoms with E-state index in [1.165, 1.54) is 23.0 Å². The number of nitrogens with one attached hydrogen (secondary N) is 1. The Morgan fingerprint density at radius 2 is 1.88 bits per heavy atom. The van der Waals surface area contributed by atoms with Crippen molar-refractivity contribution in [2.45, 2.75) is 20.0 Å². The Hall–Kier alpha value is -3.40. The van der Waals surface area contributed by atoms with Crippen LogP contribution >= 0.6 is 0 Å². The number of pyridine rings is 1. The number of rotatable bonds is 4. The molecule has 1 saturated heterocycles. The summed E-state index contributed by atoms with van der Waals surface area (Å²) in [6.07, 6.45) is -3.12. The number of nitrogens with zero attached hydrogens (tertiary/aromatic N) is 4. The standard InChI is InChI=1S/C22H22F3N5O2/c1-14-19(6-7-20(27-14)29-8-10-32-11-9-29)28-21(31)18-13-26-30(15(18)2)17-5-3-4-16(12-17)22(23,24)25/h3-7,12-13H,8-11H2,1-2H3,(H,28,31). The number of carbonyl (C=O) groups is 1. The fraction of sp³-hybridized carbons (Fsp3) is 0.318. The largest absolute Gasteiger partial charge is 0.416 e. The summed E-state index contributed by atoms with van der Waals surface area (Å²) in [6, 6.07) is 8.44. The number of ether oxygens (including phenoxy) is 1. The molecule has 3 heterocycles. The maximum Gasteiger partial charge on any atom is 0.416 e. The summed E-state index contributed by atoms with van der Waals surface area (Å²) >= 11 is 0. The molecular formula is C22H22F3N5O2. The molecule has 7 nitrogen and oxygen atoms in total. The first-order valence-electron chi connectivity index (χ1n) is 10.1. The summed E-state index contributed by atoms with van der Waals surface area (Å²) in [5.74, 6) is 0.405. The molecule has 0 spiro atoms. The molecule has 0 radical (unpaired) electrons. The van der Waals surface area contributed by atoms with Gasteiger partial charge in [-0.05, 0) is 44.2 Å². The molecule has 0 saturated carbocycles. The fourth-order valence-corrected chi connectivity index (χ4v) is 3.54. The molecule has 1 aliphatic heterocycles. The van der Waals surface area contributed by atoms with Crippen LogP contribution in [0.2, 0.25) is 0 Å². The number of benzene rings is 1. The lowest BCUT2D eigenvalue weighted by molar-refractivity contribution is -0.137. The average Bonchev–Trinajstić information content (AvgIpc) is 3.16. The third kappa shape index (κ3) is 4.45. The molecule has 1 amide bonds. The van der Waals surface area contributed by atoms with E-state index in [0.29, 0.717) is 30.3 Å². The number of anilines is 2. The van der Waals surface area contributed by atoms with Crippen LogP contribution in [-0.2, 0) is 10.9 Å². The van der Waals surface area contributed by atoms with Crippen molar-refractivity contribution in [3.63, 3.8) is 0 Å². The Kier molecular flexibility index (Phi) is 5.88. The van der Waals surface area contributed by atoms with E-state index in [4.69, 9.17) is 4.74 Å². The van der Waals surface area contributed by atoms with Gasteiger partial charge < -0.3 is 15.0 Å². The normalized spacial score (nSPS) is 14.5. The van der Waals surface area contributed by atoms with Gasteiger partial charge in [0.25, 0.3) is 5.91 Å². The highest BCUT2D eigenvalue weighted by molar-refractivity contribution is 6.05. The SMILES string of the molecule is Cc1nc(N2CCOCC2)ccc1NC(=O)c1cnn(-c2cccc(C(F)(F)F)c2)c1C. The van der Waals surface area contributed by atoms with Gasteiger partial charge in [-0.1, -0.05) is 6.07 Å². The van der Waals surface area contributed by atoms with Crippen molar-refractivity contribution in [2.75, 3.05) is 36.5 Å². The van der Waals surface area contributed by atoms with Gasteiger partial charge in [0.05, 0.1) is 53.3 Å². The number of aromatic nitrogens is 3. The van der Waals surface area contributed by atoms with Crippen molar-refractivity contribution in [3.05, 3.63) is 65.1 Å². The minimum Gasteiger partial charge on any atom is -0.378 e. The summed E-state index contributed by atoms with van der Waals surface area (Å²) in [4.78, 5) is 19.5. The number of carbonyl (C=O) groups excluding carboxylic acids is 1. The quantitative estimate of drug-likeness (QED) is 0.658. The summed E-state index contributed by atoms with van der Waals surface area (Å²) in [5, 5.41) is 6.94. The lowest BCUT2D eigenvalue weighted by atomic mass is 10.2. The van der Waals surface area contributed by atoms with Gasteiger partial charge in [-0.3, -0.25) is 4.79 Å². The van der Waals surface area contributed by atoms with E-state index in [0.717, 1.165) is 31.0 Å². The van der Waals surface area contributed by atoms with Crippen molar-refractivity contribution >= 4 is 17.4 Å².